The number of amides is 1. The highest BCUT2D eigenvalue weighted by molar-refractivity contribution is 7.90. The minimum atomic E-state index is -3.68. The molecule has 0 aliphatic heterocycles. The highest BCUT2D eigenvalue weighted by atomic mass is 32.2. The smallest absolute Gasteiger partial charge is 0.335 e. The number of nitrogens with zero attached hydrogens (tertiary/aromatic N) is 2. The molecule has 1 aromatic carbocycles. The van der Waals surface area contributed by atoms with E-state index in [1.165, 1.54) is 0 Å². The molecule has 2 rings (SSSR count). The molecule has 1 aromatic heterocycles. The first kappa shape index (κ1) is 18.1. The number of nitrogens with one attached hydrogen (secondary N) is 1. The standard InChI is InChI=1S/C16H21N3O4S/c1-16(2,3)14(20)17-10-9-13-18-19-15(23-13)24(21,22)11-12-7-5-4-6-8-12/h4-8H,9-11H2,1-3H3,(H,17,20). The Morgan fingerprint density at radius 3 is 2.46 bits per heavy atom. The maximum absolute atomic E-state index is 12.3. The van der Waals surface area contributed by atoms with Gasteiger partial charge in [0.25, 0.3) is 0 Å². The van der Waals surface area contributed by atoms with Gasteiger partial charge >= 0.3 is 5.22 Å². The van der Waals surface area contributed by atoms with Gasteiger partial charge in [-0.25, -0.2) is 8.42 Å². The predicted octanol–water partition coefficient (Wildman–Crippen LogP) is 1.75. The first-order valence-electron chi connectivity index (χ1n) is 7.56. The van der Waals surface area contributed by atoms with Crippen molar-refractivity contribution in [1.29, 1.82) is 0 Å². The lowest BCUT2D eigenvalue weighted by atomic mass is 9.96. The number of aromatic nitrogens is 2. The van der Waals surface area contributed by atoms with E-state index >= 15 is 0 Å². The lowest BCUT2D eigenvalue weighted by molar-refractivity contribution is -0.128. The molecule has 0 spiro atoms. The van der Waals surface area contributed by atoms with Crippen LogP contribution in [-0.4, -0.2) is 31.1 Å². The monoisotopic (exact) mass is 351 g/mol. The summed E-state index contributed by atoms with van der Waals surface area (Å²) in [6.45, 7) is 5.73. The van der Waals surface area contributed by atoms with Gasteiger partial charge in [-0.15, -0.1) is 5.10 Å². The first-order chi connectivity index (χ1) is 11.2. The van der Waals surface area contributed by atoms with Crippen LogP contribution in [0.5, 0.6) is 0 Å². The molecule has 0 fully saturated rings. The van der Waals surface area contributed by atoms with Crippen LogP contribution in [0, 0.1) is 5.41 Å². The number of rotatable bonds is 6. The largest absolute Gasteiger partial charge is 0.412 e. The van der Waals surface area contributed by atoms with Crippen molar-refractivity contribution in [3.8, 4) is 0 Å². The average Bonchev–Trinajstić information content (AvgIpc) is 2.96. The van der Waals surface area contributed by atoms with Crippen molar-refractivity contribution >= 4 is 15.7 Å². The molecule has 0 saturated heterocycles. The van der Waals surface area contributed by atoms with Crippen molar-refractivity contribution in [1.82, 2.24) is 15.5 Å². The molecule has 1 N–H and O–H groups in total. The van der Waals surface area contributed by atoms with Crippen molar-refractivity contribution in [2.24, 2.45) is 5.41 Å². The van der Waals surface area contributed by atoms with E-state index in [0.717, 1.165) is 0 Å². The number of hydrogen-bond acceptors (Lipinski definition) is 6. The van der Waals surface area contributed by atoms with Gasteiger partial charge in [0.2, 0.25) is 21.6 Å². The van der Waals surface area contributed by atoms with E-state index in [0.29, 0.717) is 12.1 Å². The summed E-state index contributed by atoms with van der Waals surface area (Å²) < 4.78 is 29.8. The molecule has 7 nitrogen and oxygen atoms in total. The van der Waals surface area contributed by atoms with Crippen LogP contribution in [0.25, 0.3) is 0 Å². The summed E-state index contributed by atoms with van der Waals surface area (Å²) in [5.74, 6) is -0.120. The van der Waals surface area contributed by atoms with Crippen LogP contribution in [0.4, 0.5) is 0 Å². The Labute approximate surface area is 141 Å². The molecule has 0 aliphatic carbocycles. The summed E-state index contributed by atoms with van der Waals surface area (Å²) in [6.07, 6.45) is 0.273. The molecule has 1 amide bonds. The second-order valence-corrected chi connectivity index (χ2v) is 8.33. The third-order valence-electron chi connectivity index (χ3n) is 3.22. The van der Waals surface area contributed by atoms with Gasteiger partial charge in [-0.1, -0.05) is 56.2 Å². The molecule has 1 heterocycles. The van der Waals surface area contributed by atoms with Crippen molar-refractivity contribution < 1.29 is 17.6 Å². The Balaban J connectivity index is 1.96. The number of carbonyl (C=O) groups is 1. The molecule has 0 atom stereocenters. The first-order valence-corrected chi connectivity index (χ1v) is 9.21. The van der Waals surface area contributed by atoms with Crippen LogP contribution in [0.15, 0.2) is 40.0 Å². The number of benzene rings is 1. The fourth-order valence-corrected chi connectivity index (χ4v) is 3.01. The van der Waals surface area contributed by atoms with Gasteiger partial charge in [0.05, 0.1) is 5.75 Å². The molecule has 0 saturated carbocycles. The molecule has 2 aromatic rings. The van der Waals surface area contributed by atoms with E-state index in [1.807, 2.05) is 26.8 Å². The molecule has 0 radical (unpaired) electrons. The zero-order chi connectivity index (χ0) is 17.8. The van der Waals surface area contributed by atoms with E-state index in [1.54, 1.807) is 24.3 Å². The number of carbonyl (C=O) groups excluding carboxylic acids is 1. The van der Waals surface area contributed by atoms with Crippen LogP contribution in [0.2, 0.25) is 0 Å². The van der Waals surface area contributed by atoms with E-state index in [-0.39, 0.29) is 24.0 Å². The summed E-state index contributed by atoms with van der Waals surface area (Å²) >= 11 is 0. The van der Waals surface area contributed by atoms with E-state index in [4.69, 9.17) is 4.42 Å². The molecule has 8 heteroatoms. The molecule has 0 unspecified atom stereocenters. The van der Waals surface area contributed by atoms with Crippen LogP contribution in [0.3, 0.4) is 0 Å². The Morgan fingerprint density at radius 1 is 1.17 bits per heavy atom. The van der Waals surface area contributed by atoms with Crippen molar-refractivity contribution in [2.45, 2.75) is 38.2 Å². The van der Waals surface area contributed by atoms with Crippen LogP contribution in [0.1, 0.15) is 32.2 Å². The highest BCUT2D eigenvalue weighted by Crippen LogP contribution is 2.16. The van der Waals surface area contributed by atoms with Crippen LogP contribution in [-0.2, 0) is 26.8 Å². The summed E-state index contributed by atoms with van der Waals surface area (Å²) in [5.41, 5.74) is 0.161. The molecule has 0 aliphatic rings. The maximum atomic E-state index is 12.3. The summed E-state index contributed by atoms with van der Waals surface area (Å²) in [4.78, 5) is 11.7. The van der Waals surface area contributed by atoms with Gasteiger partial charge < -0.3 is 9.73 Å². The Hall–Kier alpha value is -2.22. The highest BCUT2D eigenvalue weighted by Gasteiger charge is 2.24. The van der Waals surface area contributed by atoms with Gasteiger partial charge in [0.15, 0.2) is 0 Å². The zero-order valence-corrected chi connectivity index (χ0v) is 14.8. The van der Waals surface area contributed by atoms with Gasteiger partial charge in [0, 0.05) is 18.4 Å². The number of hydrogen-bond donors (Lipinski definition) is 1. The van der Waals surface area contributed by atoms with Crippen LogP contribution < -0.4 is 5.32 Å². The zero-order valence-electron chi connectivity index (χ0n) is 13.9. The lowest BCUT2D eigenvalue weighted by Crippen LogP contribution is -2.35. The Bertz CT molecular complexity index is 792. The third-order valence-corrected chi connectivity index (χ3v) is 4.63. The van der Waals surface area contributed by atoms with Crippen molar-refractivity contribution in [3.05, 3.63) is 41.8 Å². The molecule has 130 valence electrons. The molecule has 24 heavy (non-hydrogen) atoms. The second-order valence-electron chi connectivity index (χ2n) is 6.46. The molecule has 0 bridgehead atoms. The van der Waals surface area contributed by atoms with Gasteiger partial charge in [-0.05, 0) is 5.56 Å². The van der Waals surface area contributed by atoms with Gasteiger partial charge in [0.1, 0.15) is 0 Å². The minimum absolute atomic E-state index is 0.0982. The Kier molecular flexibility index (Phi) is 5.38. The van der Waals surface area contributed by atoms with E-state index < -0.39 is 20.5 Å². The molecular formula is C16H21N3O4S. The maximum Gasteiger partial charge on any atom is 0.335 e. The van der Waals surface area contributed by atoms with Crippen molar-refractivity contribution in [2.75, 3.05) is 6.54 Å². The third kappa shape index (κ3) is 4.89. The fourth-order valence-electron chi connectivity index (χ4n) is 1.87. The van der Waals surface area contributed by atoms with Gasteiger partial charge in [-0.2, -0.15) is 0 Å². The SMILES string of the molecule is CC(C)(C)C(=O)NCCc1nnc(S(=O)(=O)Cc2ccccc2)o1. The fraction of sp³-hybridized carbons (Fsp3) is 0.438. The van der Waals surface area contributed by atoms with E-state index in [9.17, 15) is 13.2 Å². The normalized spacial score (nSPS) is 12.1. The topological polar surface area (TPSA) is 102 Å². The average molecular weight is 351 g/mol. The quantitative estimate of drug-likeness (QED) is 0.850. The van der Waals surface area contributed by atoms with E-state index in [2.05, 4.69) is 15.5 Å². The minimum Gasteiger partial charge on any atom is -0.412 e. The summed E-state index contributed by atoms with van der Waals surface area (Å²) in [6, 6.07) is 8.78. The number of sulfone groups is 1. The Morgan fingerprint density at radius 2 is 1.83 bits per heavy atom. The van der Waals surface area contributed by atoms with Crippen LogP contribution >= 0.6 is 0 Å². The second kappa shape index (κ2) is 7.12. The molecular weight excluding hydrogens is 330 g/mol. The van der Waals surface area contributed by atoms with Crippen molar-refractivity contribution in [3.63, 3.8) is 0 Å². The summed E-state index contributed by atoms with van der Waals surface area (Å²) in [7, 11) is -3.68. The lowest BCUT2D eigenvalue weighted by Gasteiger charge is -2.16. The summed E-state index contributed by atoms with van der Waals surface area (Å²) in [5, 5.41) is 9.69. The van der Waals surface area contributed by atoms with Gasteiger partial charge in [-0.3, -0.25) is 4.79 Å². The predicted molar refractivity (Wildman–Crippen MR) is 87.8 cm³/mol.